The fourth-order valence-corrected chi connectivity index (χ4v) is 3.28. The summed E-state index contributed by atoms with van der Waals surface area (Å²) in [5.41, 5.74) is -3.48. The van der Waals surface area contributed by atoms with Crippen molar-refractivity contribution in [1.29, 1.82) is 0 Å². The van der Waals surface area contributed by atoms with Crippen LogP contribution in [0.5, 0.6) is 0 Å². The Balaban J connectivity index is 2.32. The summed E-state index contributed by atoms with van der Waals surface area (Å²) in [5, 5.41) is 0. The first-order chi connectivity index (χ1) is 11.8. The highest BCUT2D eigenvalue weighted by atomic mass is 79.9. The summed E-state index contributed by atoms with van der Waals surface area (Å²) in [7, 11) is -4.11. The molecule has 3 nitrogen and oxygen atoms in total. The maximum Gasteiger partial charge on any atom is 0.416 e. The van der Waals surface area contributed by atoms with Gasteiger partial charge in [0.1, 0.15) is 0 Å². The number of sulfonamides is 1. The lowest BCUT2D eigenvalue weighted by atomic mass is 10.0. The van der Waals surface area contributed by atoms with Crippen LogP contribution in [0, 0.1) is 0 Å². The second-order valence-corrected chi connectivity index (χ2v) is 7.88. The molecule has 0 amide bonds. The normalized spacial score (nSPS) is 13.0. The first-order valence-corrected chi connectivity index (χ1v) is 9.10. The van der Waals surface area contributed by atoms with Gasteiger partial charge in [0.25, 0.3) is 0 Å². The minimum absolute atomic E-state index is 0.0211. The van der Waals surface area contributed by atoms with Gasteiger partial charge in [0.05, 0.1) is 16.0 Å². The van der Waals surface area contributed by atoms with Gasteiger partial charge in [-0.25, -0.2) is 13.1 Å². The van der Waals surface area contributed by atoms with Crippen LogP contribution in [-0.4, -0.2) is 8.42 Å². The first kappa shape index (κ1) is 20.7. The predicted octanol–water partition coefficient (Wildman–Crippen LogP) is 4.97. The van der Waals surface area contributed by atoms with Crippen LogP contribution in [0.15, 0.2) is 51.8 Å². The van der Waals surface area contributed by atoms with Crippen molar-refractivity contribution in [2.24, 2.45) is 0 Å². The quantitative estimate of drug-likeness (QED) is 0.653. The van der Waals surface area contributed by atoms with Crippen LogP contribution in [-0.2, 0) is 28.9 Å². The summed E-state index contributed by atoms with van der Waals surface area (Å²) in [4.78, 5) is -0.177. The molecule has 0 aliphatic carbocycles. The summed E-state index contributed by atoms with van der Waals surface area (Å²) in [6, 6.07) is 6.26. The SMILES string of the molecule is O=S(=O)(NCc1cc(C(F)(F)F)cc(C(F)(F)F)c1)c1ccc(Br)cc1. The highest BCUT2D eigenvalue weighted by Gasteiger charge is 2.36. The Kier molecular flexibility index (Phi) is 5.74. The number of nitrogens with one attached hydrogen (secondary N) is 1. The second-order valence-electron chi connectivity index (χ2n) is 5.19. The minimum atomic E-state index is -5.00. The van der Waals surface area contributed by atoms with Gasteiger partial charge in [-0.15, -0.1) is 0 Å². The van der Waals surface area contributed by atoms with E-state index >= 15 is 0 Å². The van der Waals surface area contributed by atoms with Crippen LogP contribution in [0.3, 0.4) is 0 Å². The lowest BCUT2D eigenvalue weighted by Crippen LogP contribution is -2.24. The van der Waals surface area contributed by atoms with Gasteiger partial charge in [-0.1, -0.05) is 15.9 Å². The highest BCUT2D eigenvalue weighted by Crippen LogP contribution is 2.36. The molecule has 2 aromatic rings. The molecular formula is C15H10BrF6NO2S. The first-order valence-electron chi connectivity index (χ1n) is 6.82. The van der Waals surface area contributed by atoms with Gasteiger partial charge in [-0.05, 0) is 48.0 Å². The van der Waals surface area contributed by atoms with Crippen molar-refractivity contribution < 1.29 is 34.8 Å². The third-order valence-electron chi connectivity index (χ3n) is 3.24. The van der Waals surface area contributed by atoms with E-state index in [0.717, 1.165) is 0 Å². The standard InChI is InChI=1S/C15H10BrF6NO2S/c16-12-1-3-13(4-2-12)26(24,25)23-8-9-5-10(14(17,18)19)7-11(6-9)15(20,21)22/h1-7,23H,8H2. The van der Waals surface area contributed by atoms with E-state index in [1.165, 1.54) is 24.3 Å². The summed E-state index contributed by atoms with van der Waals surface area (Å²) in [6.07, 6.45) is -10.00. The summed E-state index contributed by atoms with van der Waals surface area (Å²) in [5.74, 6) is 0. The fourth-order valence-electron chi connectivity index (χ4n) is 2.00. The molecular weight excluding hydrogens is 452 g/mol. The molecule has 0 radical (unpaired) electrons. The molecule has 2 aromatic carbocycles. The van der Waals surface area contributed by atoms with Crippen LogP contribution in [0.1, 0.15) is 16.7 Å². The highest BCUT2D eigenvalue weighted by molar-refractivity contribution is 9.10. The van der Waals surface area contributed by atoms with Crippen LogP contribution < -0.4 is 4.72 Å². The molecule has 0 spiro atoms. The van der Waals surface area contributed by atoms with Crippen molar-refractivity contribution in [2.45, 2.75) is 23.8 Å². The van der Waals surface area contributed by atoms with Gasteiger partial charge in [-0.3, -0.25) is 0 Å². The Morgan fingerprint density at radius 3 is 1.73 bits per heavy atom. The van der Waals surface area contributed by atoms with E-state index in [-0.39, 0.29) is 11.0 Å². The largest absolute Gasteiger partial charge is 0.416 e. The molecule has 0 heterocycles. The summed E-state index contributed by atoms with van der Waals surface area (Å²) < 4.78 is 104. The Morgan fingerprint density at radius 1 is 0.846 bits per heavy atom. The number of hydrogen-bond acceptors (Lipinski definition) is 2. The molecule has 0 aromatic heterocycles. The fraction of sp³-hybridized carbons (Fsp3) is 0.200. The Labute approximate surface area is 153 Å². The predicted molar refractivity (Wildman–Crippen MR) is 84.6 cm³/mol. The smallest absolute Gasteiger partial charge is 0.207 e. The average molecular weight is 462 g/mol. The second kappa shape index (κ2) is 7.20. The zero-order chi connectivity index (χ0) is 19.8. The zero-order valence-electron chi connectivity index (χ0n) is 12.6. The third-order valence-corrected chi connectivity index (χ3v) is 5.18. The van der Waals surface area contributed by atoms with Gasteiger partial charge in [-0.2, -0.15) is 26.3 Å². The summed E-state index contributed by atoms with van der Waals surface area (Å²) in [6.45, 7) is -0.731. The molecule has 0 saturated heterocycles. The Morgan fingerprint density at radius 2 is 1.31 bits per heavy atom. The Bertz CT molecular complexity index is 860. The van der Waals surface area contributed by atoms with Crippen molar-refractivity contribution in [3.8, 4) is 0 Å². The van der Waals surface area contributed by atoms with Crippen molar-refractivity contribution in [1.82, 2.24) is 4.72 Å². The molecule has 0 saturated carbocycles. The van der Waals surface area contributed by atoms with Crippen molar-refractivity contribution in [3.63, 3.8) is 0 Å². The Hall–Kier alpha value is -1.59. The molecule has 0 aliphatic heterocycles. The van der Waals surface area contributed by atoms with Crippen LogP contribution in [0.2, 0.25) is 0 Å². The maximum atomic E-state index is 12.8. The minimum Gasteiger partial charge on any atom is -0.207 e. The van der Waals surface area contributed by atoms with Crippen LogP contribution >= 0.6 is 15.9 Å². The maximum absolute atomic E-state index is 12.8. The number of rotatable bonds is 4. The summed E-state index contributed by atoms with van der Waals surface area (Å²) >= 11 is 3.11. The molecule has 2 rings (SSSR count). The monoisotopic (exact) mass is 461 g/mol. The van der Waals surface area contributed by atoms with Crippen molar-refractivity contribution >= 4 is 26.0 Å². The number of alkyl halides is 6. The van der Waals surface area contributed by atoms with Crippen molar-refractivity contribution in [2.75, 3.05) is 0 Å². The lowest BCUT2D eigenvalue weighted by Gasteiger charge is -2.14. The number of hydrogen-bond donors (Lipinski definition) is 1. The number of benzene rings is 2. The van der Waals surface area contributed by atoms with Crippen LogP contribution in [0.4, 0.5) is 26.3 Å². The van der Waals surface area contributed by atoms with Gasteiger partial charge < -0.3 is 0 Å². The molecule has 0 aliphatic rings. The lowest BCUT2D eigenvalue weighted by molar-refractivity contribution is -0.143. The topological polar surface area (TPSA) is 46.2 Å². The van der Waals surface area contributed by atoms with E-state index in [1.807, 2.05) is 4.72 Å². The zero-order valence-corrected chi connectivity index (χ0v) is 15.0. The molecule has 1 N–H and O–H groups in total. The molecule has 0 unspecified atom stereocenters. The molecule has 142 valence electrons. The third kappa shape index (κ3) is 5.21. The molecule has 11 heteroatoms. The van der Waals surface area contributed by atoms with E-state index in [9.17, 15) is 34.8 Å². The van der Waals surface area contributed by atoms with Gasteiger partial charge in [0.15, 0.2) is 0 Å². The van der Waals surface area contributed by atoms with Crippen molar-refractivity contribution in [3.05, 3.63) is 63.6 Å². The van der Waals surface area contributed by atoms with E-state index in [0.29, 0.717) is 16.6 Å². The van der Waals surface area contributed by atoms with E-state index in [2.05, 4.69) is 15.9 Å². The van der Waals surface area contributed by atoms with E-state index in [4.69, 9.17) is 0 Å². The molecule has 0 bridgehead atoms. The van der Waals surface area contributed by atoms with Crippen LogP contribution in [0.25, 0.3) is 0 Å². The molecule has 26 heavy (non-hydrogen) atoms. The van der Waals surface area contributed by atoms with Gasteiger partial charge >= 0.3 is 12.4 Å². The molecule has 0 fully saturated rings. The van der Waals surface area contributed by atoms with Gasteiger partial charge in [0, 0.05) is 11.0 Å². The van der Waals surface area contributed by atoms with E-state index in [1.54, 1.807) is 0 Å². The van der Waals surface area contributed by atoms with Gasteiger partial charge in [0.2, 0.25) is 10.0 Å². The molecule has 0 atom stereocenters. The average Bonchev–Trinajstić information content (AvgIpc) is 2.51. The van der Waals surface area contributed by atoms with E-state index < -0.39 is 45.6 Å². The number of halogens is 7.